The normalized spacial score (nSPS) is 11.6. The molecule has 1 amide bonds. The number of carbonyl (C=O) groups is 1. The Kier molecular flexibility index (Phi) is 5.53. The van der Waals surface area contributed by atoms with Crippen molar-refractivity contribution in [3.63, 3.8) is 0 Å². The maximum absolute atomic E-state index is 10.6. The van der Waals surface area contributed by atoms with E-state index in [1.807, 2.05) is 12.1 Å². The first kappa shape index (κ1) is 13.2. The Bertz CT molecular complexity index is 300. The second-order valence-electron chi connectivity index (χ2n) is 2.84. The summed E-state index contributed by atoms with van der Waals surface area (Å²) in [6, 6.07) is 6.53. The number of nitrogens with two attached hydrogens (primary N) is 2. The van der Waals surface area contributed by atoms with E-state index >= 15 is 0 Å². The fourth-order valence-corrected chi connectivity index (χ4v) is 1.10. The lowest BCUT2D eigenvalue weighted by molar-refractivity contribution is -0.119. The Morgan fingerprint density at radius 1 is 1.36 bits per heavy atom. The topological polar surface area (TPSA) is 69.1 Å². The number of carbonyl (C=O) groups excluding carboxylic acids is 1. The smallest absolute Gasteiger partial charge is 0.234 e. The molecule has 1 atom stereocenters. The van der Waals surface area contributed by atoms with Gasteiger partial charge < -0.3 is 11.5 Å². The maximum Gasteiger partial charge on any atom is 0.234 e. The van der Waals surface area contributed by atoms with E-state index < -0.39 is 11.9 Å². The zero-order chi connectivity index (χ0) is 9.84. The van der Waals surface area contributed by atoms with Crippen molar-refractivity contribution in [2.24, 2.45) is 11.5 Å². The largest absolute Gasteiger partial charge is 0.368 e. The summed E-state index contributed by atoms with van der Waals surface area (Å²) in [7, 11) is 0. The average molecular weight is 235 g/mol. The highest BCUT2D eigenvalue weighted by molar-refractivity contribution is 6.30. The summed E-state index contributed by atoms with van der Waals surface area (Å²) < 4.78 is 0. The summed E-state index contributed by atoms with van der Waals surface area (Å²) in [5.41, 5.74) is 11.5. The molecular formula is C9H12Cl2N2O. The monoisotopic (exact) mass is 234 g/mol. The van der Waals surface area contributed by atoms with E-state index in [1.165, 1.54) is 0 Å². The number of hydrogen-bond acceptors (Lipinski definition) is 2. The predicted molar refractivity (Wildman–Crippen MR) is 59.6 cm³/mol. The highest BCUT2D eigenvalue weighted by Crippen LogP contribution is 2.10. The van der Waals surface area contributed by atoms with Crippen molar-refractivity contribution >= 4 is 29.9 Å². The van der Waals surface area contributed by atoms with Gasteiger partial charge in [0, 0.05) is 5.02 Å². The van der Waals surface area contributed by atoms with Crippen molar-refractivity contribution in [2.75, 3.05) is 0 Å². The minimum Gasteiger partial charge on any atom is -0.368 e. The molecule has 0 fully saturated rings. The van der Waals surface area contributed by atoms with Crippen LogP contribution in [0.3, 0.4) is 0 Å². The molecule has 0 aliphatic rings. The zero-order valence-corrected chi connectivity index (χ0v) is 9.02. The van der Waals surface area contributed by atoms with Gasteiger partial charge in [-0.2, -0.15) is 0 Å². The molecule has 0 saturated carbocycles. The second kappa shape index (κ2) is 5.86. The van der Waals surface area contributed by atoms with E-state index in [-0.39, 0.29) is 12.4 Å². The van der Waals surface area contributed by atoms with Gasteiger partial charge in [0.25, 0.3) is 0 Å². The SMILES string of the molecule is Cl.NC(=O)C(N)Cc1ccc(Cl)cc1. The Morgan fingerprint density at radius 2 is 1.86 bits per heavy atom. The van der Waals surface area contributed by atoms with Gasteiger partial charge in [0.2, 0.25) is 5.91 Å². The standard InChI is InChI=1S/C9H11ClN2O.ClH/c10-7-3-1-6(2-4-7)5-8(11)9(12)13;/h1-4,8H,5,11H2,(H2,12,13);1H. The van der Waals surface area contributed by atoms with Gasteiger partial charge in [-0.25, -0.2) is 0 Å². The van der Waals surface area contributed by atoms with E-state index in [9.17, 15) is 4.79 Å². The van der Waals surface area contributed by atoms with Gasteiger partial charge in [-0.05, 0) is 24.1 Å². The van der Waals surface area contributed by atoms with Crippen molar-refractivity contribution in [2.45, 2.75) is 12.5 Å². The molecule has 5 heteroatoms. The Morgan fingerprint density at radius 3 is 2.29 bits per heavy atom. The lowest BCUT2D eigenvalue weighted by Crippen LogP contribution is -2.38. The summed E-state index contributed by atoms with van der Waals surface area (Å²) in [5, 5.41) is 0.663. The summed E-state index contributed by atoms with van der Waals surface area (Å²) in [4.78, 5) is 10.6. The summed E-state index contributed by atoms with van der Waals surface area (Å²) in [6.45, 7) is 0. The highest BCUT2D eigenvalue weighted by atomic mass is 35.5. The molecule has 0 aromatic heterocycles. The Hall–Kier alpha value is -0.770. The molecular weight excluding hydrogens is 223 g/mol. The number of amides is 1. The Balaban J connectivity index is 0.00000169. The molecule has 0 aliphatic heterocycles. The number of benzene rings is 1. The lowest BCUT2D eigenvalue weighted by atomic mass is 10.1. The van der Waals surface area contributed by atoms with Crippen LogP contribution < -0.4 is 11.5 Å². The average Bonchev–Trinajstić information content (AvgIpc) is 2.08. The van der Waals surface area contributed by atoms with Crippen molar-refractivity contribution in [3.05, 3.63) is 34.9 Å². The van der Waals surface area contributed by atoms with Crippen LogP contribution in [-0.4, -0.2) is 11.9 Å². The van der Waals surface area contributed by atoms with Crippen LogP contribution in [0.2, 0.25) is 5.02 Å². The van der Waals surface area contributed by atoms with E-state index in [1.54, 1.807) is 12.1 Å². The third-order valence-electron chi connectivity index (χ3n) is 1.73. The molecule has 1 rings (SSSR count). The van der Waals surface area contributed by atoms with Crippen LogP contribution >= 0.6 is 24.0 Å². The van der Waals surface area contributed by atoms with E-state index in [2.05, 4.69) is 0 Å². The van der Waals surface area contributed by atoms with Crippen LogP contribution in [0.4, 0.5) is 0 Å². The van der Waals surface area contributed by atoms with Crippen molar-refractivity contribution in [3.8, 4) is 0 Å². The predicted octanol–water partition coefficient (Wildman–Crippen LogP) is 1.12. The number of halogens is 2. The van der Waals surface area contributed by atoms with Crippen LogP contribution in [0.15, 0.2) is 24.3 Å². The van der Waals surface area contributed by atoms with Gasteiger partial charge in [-0.1, -0.05) is 23.7 Å². The van der Waals surface area contributed by atoms with E-state index in [0.717, 1.165) is 5.56 Å². The summed E-state index contributed by atoms with van der Waals surface area (Å²) >= 11 is 5.69. The zero-order valence-electron chi connectivity index (χ0n) is 7.44. The second-order valence-corrected chi connectivity index (χ2v) is 3.28. The molecule has 14 heavy (non-hydrogen) atoms. The first-order chi connectivity index (χ1) is 6.09. The van der Waals surface area contributed by atoms with Crippen LogP contribution in [-0.2, 0) is 11.2 Å². The minimum absolute atomic E-state index is 0. The molecule has 0 spiro atoms. The van der Waals surface area contributed by atoms with Gasteiger partial charge in [0.15, 0.2) is 0 Å². The van der Waals surface area contributed by atoms with Gasteiger partial charge >= 0.3 is 0 Å². The third kappa shape index (κ3) is 3.96. The van der Waals surface area contributed by atoms with Crippen LogP contribution in [0.1, 0.15) is 5.56 Å². The van der Waals surface area contributed by atoms with Gasteiger partial charge in [0.1, 0.15) is 0 Å². The summed E-state index contributed by atoms with van der Waals surface area (Å²) in [6.07, 6.45) is 0.451. The fourth-order valence-electron chi connectivity index (χ4n) is 0.975. The summed E-state index contributed by atoms with van der Waals surface area (Å²) in [5.74, 6) is -0.491. The van der Waals surface area contributed by atoms with Crippen molar-refractivity contribution in [1.29, 1.82) is 0 Å². The lowest BCUT2D eigenvalue weighted by Gasteiger charge is -2.06. The quantitative estimate of drug-likeness (QED) is 0.824. The first-order valence-electron chi connectivity index (χ1n) is 3.89. The van der Waals surface area contributed by atoms with Crippen LogP contribution in [0, 0.1) is 0 Å². The molecule has 0 bridgehead atoms. The minimum atomic E-state index is -0.624. The third-order valence-corrected chi connectivity index (χ3v) is 1.99. The van der Waals surface area contributed by atoms with Gasteiger partial charge in [-0.15, -0.1) is 12.4 Å². The first-order valence-corrected chi connectivity index (χ1v) is 4.26. The van der Waals surface area contributed by atoms with Crippen molar-refractivity contribution in [1.82, 2.24) is 0 Å². The molecule has 0 saturated heterocycles. The fraction of sp³-hybridized carbons (Fsp3) is 0.222. The molecule has 1 aromatic carbocycles. The van der Waals surface area contributed by atoms with Crippen molar-refractivity contribution < 1.29 is 4.79 Å². The number of rotatable bonds is 3. The Labute approximate surface area is 93.8 Å². The van der Waals surface area contributed by atoms with Crippen LogP contribution in [0.25, 0.3) is 0 Å². The number of hydrogen-bond donors (Lipinski definition) is 2. The molecule has 78 valence electrons. The van der Waals surface area contributed by atoms with Crippen LogP contribution in [0.5, 0.6) is 0 Å². The molecule has 4 N–H and O–H groups in total. The molecule has 3 nitrogen and oxygen atoms in total. The maximum atomic E-state index is 10.6. The van der Waals surface area contributed by atoms with Gasteiger partial charge in [0.05, 0.1) is 6.04 Å². The molecule has 1 unspecified atom stereocenters. The molecule has 0 radical (unpaired) electrons. The van der Waals surface area contributed by atoms with Gasteiger partial charge in [-0.3, -0.25) is 4.79 Å². The number of primary amides is 1. The molecule has 0 heterocycles. The molecule has 1 aromatic rings. The van der Waals surface area contributed by atoms with E-state index in [0.29, 0.717) is 11.4 Å². The molecule has 0 aliphatic carbocycles. The highest BCUT2D eigenvalue weighted by Gasteiger charge is 2.09. The van der Waals surface area contributed by atoms with E-state index in [4.69, 9.17) is 23.1 Å².